The van der Waals surface area contributed by atoms with Gasteiger partial charge < -0.3 is 4.57 Å². The monoisotopic (exact) mass is 318 g/mol. The Balaban J connectivity index is 1.94. The van der Waals surface area contributed by atoms with Crippen LogP contribution in [0.25, 0.3) is 27.7 Å². The minimum absolute atomic E-state index is 0.766. The second-order valence-corrected chi connectivity index (χ2v) is 6.01. The fraction of sp³-hybridized carbons (Fsp3) is 0.0500. The first-order chi connectivity index (χ1) is 11.2. The molecule has 2 aromatic heterocycles. The van der Waals surface area contributed by atoms with Crippen LogP contribution in [0.3, 0.4) is 0 Å². The quantitative estimate of drug-likeness (QED) is 0.466. The number of rotatable bonds is 2. The van der Waals surface area contributed by atoms with E-state index >= 15 is 0 Å². The summed E-state index contributed by atoms with van der Waals surface area (Å²) in [6.07, 6.45) is 5.81. The lowest BCUT2D eigenvalue weighted by Crippen LogP contribution is -1.96. The van der Waals surface area contributed by atoms with E-state index in [1.165, 1.54) is 10.9 Å². The van der Waals surface area contributed by atoms with Crippen LogP contribution in [0.5, 0.6) is 0 Å². The van der Waals surface area contributed by atoms with Gasteiger partial charge in [0.2, 0.25) is 0 Å². The SMILES string of the molecule is Cc1ccncc1-n1ccc2ccc(-c3ccccc3Cl)cc21. The fourth-order valence-electron chi connectivity index (χ4n) is 2.91. The summed E-state index contributed by atoms with van der Waals surface area (Å²) in [5.41, 5.74) is 5.61. The molecular weight excluding hydrogens is 304 g/mol. The van der Waals surface area contributed by atoms with Gasteiger partial charge in [-0.3, -0.25) is 4.98 Å². The van der Waals surface area contributed by atoms with Crippen molar-refractivity contribution in [3.63, 3.8) is 0 Å². The van der Waals surface area contributed by atoms with Crippen molar-refractivity contribution in [2.45, 2.75) is 6.92 Å². The molecule has 0 aliphatic heterocycles. The highest BCUT2D eigenvalue weighted by Crippen LogP contribution is 2.31. The molecule has 0 aliphatic rings. The first-order valence-corrected chi connectivity index (χ1v) is 7.89. The van der Waals surface area contributed by atoms with Crippen molar-refractivity contribution in [2.75, 3.05) is 0 Å². The number of hydrogen-bond donors (Lipinski definition) is 0. The van der Waals surface area contributed by atoms with E-state index in [2.05, 4.69) is 46.9 Å². The van der Waals surface area contributed by atoms with E-state index in [1.54, 1.807) is 0 Å². The van der Waals surface area contributed by atoms with Crippen molar-refractivity contribution in [3.05, 3.63) is 83.8 Å². The van der Waals surface area contributed by atoms with Gasteiger partial charge in [0.15, 0.2) is 0 Å². The van der Waals surface area contributed by atoms with E-state index in [4.69, 9.17) is 11.6 Å². The van der Waals surface area contributed by atoms with Crippen LogP contribution in [0.4, 0.5) is 0 Å². The Morgan fingerprint density at radius 2 is 1.87 bits per heavy atom. The summed E-state index contributed by atoms with van der Waals surface area (Å²) in [5, 5.41) is 1.96. The first kappa shape index (κ1) is 14.0. The van der Waals surface area contributed by atoms with E-state index in [9.17, 15) is 0 Å². The number of fused-ring (bicyclic) bond motifs is 1. The zero-order valence-electron chi connectivity index (χ0n) is 12.7. The summed E-state index contributed by atoms with van der Waals surface area (Å²) in [6.45, 7) is 2.10. The van der Waals surface area contributed by atoms with Gasteiger partial charge in [-0.2, -0.15) is 0 Å². The second-order valence-electron chi connectivity index (χ2n) is 5.60. The predicted molar refractivity (Wildman–Crippen MR) is 96.3 cm³/mol. The summed E-state index contributed by atoms with van der Waals surface area (Å²) < 4.78 is 2.18. The molecule has 0 fully saturated rings. The Morgan fingerprint density at radius 1 is 1.00 bits per heavy atom. The molecule has 4 aromatic rings. The molecule has 0 atom stereocenters. The number of benzene rings is 2. The molecule has 0 saturated carbocycles. The van der Waals surface area contributed by atoms with Crippen LogP contribution >= 0.6 is 11.6 Å². The van der Waals surface area contributed by atoms with Gasteiger partial charge in [0, 0.05) is 23.0 Å². The fourth-order valence-corrected chi connectivity index (χ4v) is 3.15. The van der Waals surface area contributed by atoms with E-state index in [0.29, 0.717) is 0 Å². The molecule has 0 aliphatic carbocycles. The molecule has 112 valence electrons. The topological polar surface area (TPSA) is 17.8 Å². The van der Waals surface area contributed by atoms with Crippen LogP contribution in [0.1, 0.15) is 5.56 Å². The zero-order chi connectivity index (χ0) is 15.8. The molecular formula is C20H15ClN2. The van der Waals surface area contributed by atoms with E-state index in [1.807, 2.05) is 42.7 Å². The molecule has 4 rings (SSSR count). The van der Waals surface area contributed by atoms with Gasteiger partial charge in [-0.05, 0) is 47.7 Å². The molecule has 0 N–H and O–H groups in total. The maximum atomic E-state index is 6.35. The molecule has 0 spiro atoms. The lowest BCUT2D eigenvalue weighted by atomic mass is 10.0. The van der Waals surface area contributed by atoms with Gasteiger partial charge in [-0.1, -0.05) is 41.9 Å². The lowest BCUT2D eigenvalue weighted by Gasteiger charge is -2.10. The molecule has 2 nitrogen and oxygen atoms in total. The molecule has 0 bridgehead atoms. The minimum atomic E-state index is 0.766. The molecule has 0 radical (unpaired) electrons. The third kappa shape index (κ3) is 2.41. The third-order valence-electron chi connectivity index (χ3n) is 4.15. The predicted octanol–water partition coefficient (Wildman–Crippen LogP) is 5.65. The molecule has 3 heteroatoms. The van der Waals surface area contributed by atoms with Gasteiger partial charge in [-0.25, -0.2) is 0 Å². The van der Waals surface area contributed by atoms with Crippen molar-refractivity contribution in [3.8, 4) is 16.8 Å². The number of nitrogens with zero attached hydrogens (tertiary/aromatic N) is 2. The molecule has 2 heterocycles. The van der Waals surface area contributed by atoms with Crippen LogP contribution in [0, 0.1) is 6.92 Å². The van der Waals surface area contributed by atoms with Crippen molar-refractivity contribution in [1.82, 2.24) is 9.55 Å². The Kier molecular flexibility index (Phi) is 3.40. The van der Waals surface area contributed by atoms with Crippen LogP contribution in [0.15, 0.2) is 73.2 Å². The Hall–Kier alpha value is -2.58. The highest BCUT2D eigenvalue weighted by atomic mass is 35.5. The summed E-state index contributed by atoms with van der Waals surface area (Å²) in [6, 6.07) is 18.5. The van der Waals surface area contributed by atoms with E-state index in [0.717, 1.165) is 27.4 Å². The molecule has 0 amide bonds. The van der Waals surface area contributed by atoms with Crippen molar-refractivity contribution >= 4 is 22.5 Å². The van der Waals surface area contributed by atoms with Gasteiger partial charge >= 0.3 is 0 Å². The first-order valence-electron chi connectivity index (χ1n) is 7.51. The molecule has 0 unspecified atom stereocenters. The Bertz CT molecular complexity index is 1000. The van der Waals surface area contributed by atoms with Gasteiger partial charge in [0.05, 0.1) is 17.4 Å². The van der Waals surface area contributed by atoms with Gasteiger partial charge in [-0.15, -0.1) is 0 Å². The summed E-state index contributed by atoms with van der Waals surface area (Å²) in [7, 11) is 0. The number of pyridine rings is 1. The van der Waals surface area contributed by atoms with E-state index in [-0.39, 0.29) is 0 Å². The lowest BCUT2D eigenvalue weighted by molar-refractivity contribution is 1.07. The largest absolute Gasteiger partial charge is 0.315 e. The van der Waals surface area contributed by atoms with Crippen LogP contribution in [0.2, 0.25) is 5.02 Å². The smallest absolute Gasteiger partial charge is 0.0668 e. The summed E-state index contributed by atoms with van der Waals surface area (Å²) in [5.74, 6) is 0. The van der Waals surface area contributed by atoms with E-state index < -0.39 is 0 Å². The maximum Gasteiger partial charge on any atom is 0.0668 e. The summed E-state index contributed by atoms with van der Waals surface area (Å²) >= 11 is 6.35. The number of aryl methyl sites for hydroxylation is 1. The van der Waals surface area contributed by atoms with Gasteiger partial charge in [0.25, 0.3) is 0 Å². The minimum Gasteiger partial charge on any atom is -0.315 e. The Labute approximate surface area is 140 Å². The highest BCUT2D eigenvalue weighted by molar-refractivity contribution is 6.33. The second kappa shape index (κ2) is 5.56. The molecule has 0 saturated heterocycles. The average Bonchev–Trinajstić information content (AvgIpc) is 2.99. The zero-order valence-corrected chi connectivity index (χ0v) is 13.5. The van der Waals surface area contributed by atoms with Crippen LogP contribution in [-0.4, -0.2) is 9.55 Å². The number of halogens is 1. The van der Waals surface area contributed by atoms with Crippen molar-refractivity contribution < 1.29 is 0 Å². The molecule has 2 aromatic carbocycles. The van der Waals surface area contributed by atoms with Crippen LogP contribution < -0.4 is 0 Å². The third-order valence-corrected chi connectivity index (χ3v) is 4.48. The number of aromatic nitrogens is 2. The Morgan fingerprint density at radius 3 is 2.70 bits per heavy atom. The average molecular weight is 319 g/mol. The maximum absolute atomic E-state index is 6.35. The normalized spacial score (nSPS) is 11.0. The van der Waals surface area contributed by atoms with Crippen molar-refractivity contribution in [1.29, 1.82) is 0 Å². The summed E-state index contributed by atoms with van der Waals surface area (Å²) in [4.78, 5) is 4.26. The molecule has 23 heavy (non-hydrogen) atoms. The standard InChI is InChI=1S/C20H15ClN2/c1-14-8-10-22-13-20(14)23-11-9-15-6-7-16(12-19(15)23)17-4-2-3-5-18(17)21/h2-13H,1H3. The van der Waals surface area contributed by atoms with Crippen molar-refractivity contribution in [2.24, 2.45) is 0 Å². The van der Waals surface area contributed by atoms with Gasteiger partial charge in [0.1, 0.15) is 0 Å². The number of hydrogen-bond acceptors (Lipinski definition) is 1. The highest BCUT2D eigenvalue weighted by Gasteiger charge is 2.09. The van der Waals surface area contributed by atoms with Crippen LogP contribution in [-0.2, 0) is 0 Å².